The number of nitrogens with zero attached hydrogens (tertiary/aromatic N) is 1. The Morgan fingerprint density at radius 2 is 1.93 bits per heavy atom. The first-order valence-electron chi connectivity index (χ1n) is 8.90. The summed E-state index contributed by atoms with van der Waals surface area (Å²) in [5, 5.41) is 10.1. The zero-order chi connectivity index (χ0) is 20.0. The van der Waals surface area contributed by atoms with Gasteiger partial charge in [-0.05, 0) is 12.0 Å². The molecule has 0 saturated carbocycles. The predicted octanol–water partition coefficient (Wildman–Crippen LogP) is 1.85. The second-order valence-electron chi connectivity index (χ2n) is 8.45. The fourth-order valence-electron chi connectivity index (χ4n) is 4.21. The summed E-state index contributed by atoms with van der Waals surface area (Å²) < 4.78 is 10.8. The monoisotopic (exact) mass is 375 g/mol. The van der Waals surface area contributed by atoms with E-state index in [1.165, 1.54) is 12.0 Å². The summed E-state index contributed by atoms with van der Waals surface area (Å²) >= 11 is 0. The number of carboxylic acid groups (broad SMARTS) is 1. The van der Waals surface area contributed by atoms with Crippen LogP contribution < -0.4 is 0 Å². The summed E-state index contributed by atoms with van der Waals surface area (Å²) in [5.41, 5.74) is -2.92. The smallest absolute Gasteiger partial charge is 0.334 e. The van der Waals surface area contributed by atoms with Crippen molar-refractivity contribution >= 4 is 17.8 Å². The van der Waals surface area contributed by atoms with Gasteiger partial charge in [0.15, 0.2) is 11.0 Å². The van der Waals surface area contributed by atoms with Gasteiger partial charge in [-0.1, -0.05) is 51.1 Å². The maximum absolute atomic E-state index is 13.5. The Bertz CT molecular complexity index is 770. The Hall–Kier alpha value is -2.41. The van der Waals surface area contributed by atoms with E-state index in [9.17, 15) is 19.5 Å². The van der Waals surface area contributed by atoms with E-state index >= 15 is 0 Å². The summed E-state index contributed by atoms with van der Waals surface area (Å²) in [4.78, 5) is 39.9. The van der Waals surface area contributed by atoms with Gasteiger partial charge in [0.25, 0.3) is 0 Å². The largest absolute Gasteiger partial charge is 0.480 e. The summed E-state index contributed by atoms with van der Waals surface area (Å²) in [5.74, 6) is -2.47. The van der Waals surface area contributed by atoms with E-state index in [0.29, 0.717) is 0 Å². The summed E-state index contributed by atoms with van der Waals surface area (Å²) in [7, 11) is 1.24. The van der Waals surface area contributed by atoms with Gasteiger partial charge in [-0.15, -0.1) is 0 Å². The number of ether oxygens (including phenoxy) is 2. The Kier molecular flexibility index (Phi) is 4.54. The van der Waals surface area contributed by atoms with Crippen LogP contribution in [0.4, 0.5) is 0 Å². The molecule has 2 heterocycles. The van der Waals surface area contributed by atoms with Gasteiger partial charge in [0, 0.05) is 11.8 Å². The molecule has 7 nitrogen and oxygen atoms in total. The van der Waals surface area contributed by atoms with Crippen LogP contribution >= 0.6 is 0 Å². The van der Waals surface area contributed by atoms with E-state index in [0.717, 1.165) is 5.56 Å². The van der Waals surface area contributed by atoms with E-state index in [1.54, 1.807) is 24.3 Å². The van der Waals surface area contributed by atoms with Gasteiger partial charge in [0.05, 0.1) is 13.7 Å². The first-order chi connectivity index (χ1) is 12.6. The number of carbonyl (C=O) groups is 3. The number of benzene rings is 1. The number of carboxylic acids is 1. The molecular formula is C20H25NO6. The van der Waals surface area contributed by atoms with Gasteiger partial charge >= 0.3 is 11.9 Å². The predicted molar refractivity (Wildman–Crippen MR) is 95.6 cm³/mol. The fraction of sp³-hybridized carbons (Fsp3) is 0.550. The maximum atomic E-state index is 13.5. The van der Waals surface area contributed by atoms with Crippen molar-refractivity contribution in [3.8, 4) is 0 Å². The molecule has 27 heavy (non-hydrogen) atoms. The average molecular weight is 375 g/mol. The van der Waals surface area contributed by atoms with Gasteiger partial charge in [-0.3, -0.25) is 14.5 Å². The minimum Gasteiger partial charge on any atom is -0.480 e. The second kappa shape index (κ2) is 6.34. The molecule has 2 aliphatic rings. The molecule has 0 radical (unpaired) electrons. The lowest BCUT2D eigenvalue weighted by atomic mass is 9.76. The normalized spacial score (nSPS) is 30.3. The lowest BCUT2D eigenvalue weighted by Gasteiger charge is -2.36. The molecule has 3 atom stereocenters. The minimum absolute atomic E-state index is 0.00805. The minimum atomic E-state index is -1.73. The number of aliphatic carboxylic acids is 1. The van der Waals surface area contributed by atoms with Crippen LogP contribution in [-0.4, -0.2) is 53.3 Å². The highest BCUT2D eigenvalue weighted by Gasteiger charge is 2.72. The van der Waals surface area contributed by atoms with E-state index in [4.69, 9.17) is 9.47 Å². The average Bonchev–Trinajstić information content (AvgIpc) is 3.10. The molecule has 0 aromatic heterocycles. The van der Waals surface area contributed by atoms with Crippen molar-refractivity contribution in [2.45, 2.75) is 45.4 Å². The Balaban J connectivity index is 2.12. The van der Waals surface area contributed by atoms with Crippen molar-refractivity contribution in [1.82, 2.24) is 4.90 Å². The third-order valence-corrected chi connectivity index (χ3v) is 5.46. The number of rotatable bonds is 4. The van der Waals surface area contributed by atoms with Crippen LogP contribution in [0.3, 0.4) is 0 Å². The van der Waals surface area contributed by atoms with Crippen molar-refractivity contribution in [3.63, 3.8) is 0 Å². The summed E-state index contributed by atoms with van der Waals surface area (Å²) in [6, 6.07) is 8.98. The van der Waals surface area contributed by atoms with E-state index in [-0.39, 0.29) is 19.4 Å². The molecule has 2 fully saturated rings. The molecule has 2 aliphatic heterocycles. The SMILES string of the molecule is COC(=O)[C@@]12COC(C(C)(C)C)N1C(=O)[C@](Cc1ccccc1)(C(=O)O)C2. The molecule has 1 unspecified atom stereocenters. The van der Waals surface area contributed by atoms with E-state index in [2.05, 4.69) is 0 Å². The number of amides is 1. The summed E-state index contributed by atoms with van der Waals surface area (Å²) in [6.07, 6.45) is -0.878. The highest BCUT2D eigenvalue weighted by Crippen LogP contribution is 2.52. The molecule has 0 spiro atoms. The number of fused-ring (bicyclic) bond motifs is 1. The molecule has 2 saturated heterocycles. The number of methoxy groups -OCH3 is 1. The quantitative estimate of drug-likeness (QED) is 0.638. The van der Waals surface area contributed by atoms with Crippen LogP contribution in [0.15, 0.2) is 30.3 Å². The highest BCUT2D eigenvalue weighted by atomic mass is 16.6. The zero-order valence-corrected chi connectivity index (χ0v) is 16.0. The van der Waals surface area contributed by atoms with E-state index < -0.39 is 40.4 Å². The molecule has 0 bridgehead atoms. The lowest BCUT2D eigenvalue weighted by Crippen LogP contribution is -2.55. The number of carbonyl (C=O) groups excluding carboxylic acids is 2. The van der Waals surface area contributed by atoms with Crippen molar-refractivity contribution in [3.05, 3.63) is 35.9 Å². The topological polar surface area (TPSA) is 93.1 Å². The molecule has 1 N–H and O–H groups in total. The third kappa shape index (κ3) is 2.81. The van der Waals surface area contributed by atoms with Gasteiger partial charge in [-0.25, -0.2) is 4.79 Å². The van der Waals surface area contributed by atoms with Crippen LogP contribution in [0.1, 0.15) is 32.8 Å². The molecule has 1 aromatic carbocycles. The van der Waals surface area contributed by atoms with Gasteiger partial charge in [0.2, 0.25) is 5.91 Å². The molecular weight excluding hydrogens is 350 g/mol. The second-order valence-corrected chi connectivity index (χ2v) is 8.45. The molecule has 3 rings (SSSR count). The Morgan fingerprint density at radius 3 is 2.44 bits per heavy atom. The number of esters is 1. The molecule has 0 aliphatic carbocycles. The van der Waals surface area contributed by atoms with Crippen molar-refractivity contribution < 1.29 is 29.0 Å². The van der Waals surface area contributed by atoms with E-state index in [1.807, 2.05) is 26.8 Å². The summed E-state index contributed by atoms with van der Waals surface area (Å²) in [6.45, 7) is 5.58. The molecule has 146 valence electrons. The van der Waals surface area contributed by atoms with Crippen LogP contribution in [0.5, 0.6) is 0 Å². The highest BCUT2D eigenvalue weighted by molar-refractivity contribution is 6.08. The standard InChI is InChI=1S/C20H25NO6/c1-18(2,3)15-21-14(22)19(16(23)24,10-13-8-6-5-7-9-13)11-20(21,12-27-15)17(25)26-4/h5-9,15H,10-12H2,1-4H3,(H,23,24)/t15?,19-,20-/m1/s1. The number of hydrogen-bond acceptors (Lipinski definition) is 5. The Labute approximate surface area is 158 Å². The molecule has 1 amide bonds. The van der Waals surface area contributed by atoms with Crippen LogP contribution in [0.25, 0.3) is 0 Å². The van der Waals surface area contributed by atoms with Crippen LogP contribution in [0, 0.1) is 10.8 Å². The Morgan fingerprint density at radius 1 is 1.30 bits per heavy atom. The van der Waals surface area contributed by atoms with Crippen molar-refractivity contribution in [1.29, 1.82) is 0 Å². The van der Waals surface area contributed by atoms with Crippen LogP contribution in [0.2, 0.25) is 0 Å². The van der Waals surface area contributed by atoms with Crippen molar-refractivity contribution in [2.24, 2.45) is 10.8 Å². The molecule has 7 heteroatoms. The fourth-order valence-corrected chi connectivity index (χ4v) is 4.21. The third-order valence-electron chi connectivity index (χ3n) is 5.46. The zero-order valence-electron chi connectivity index (χ0n) is 16.0. The first-order valence-corrected chi connectivity index (χ1v) is 8.90. The van der Waals surface area contributed by atoms with Crippen molar-refractivity contribution in [2.75, 3.05) is 13.7 Å². The van der Waals surface area contributed by atoms with Gasteiger partial charge in [-0.2, -0.15) is 0 Å². The number of hydrogen-bond donors (Lipinski definition) is 1. The first kappa shape index (κ1) is 19.4. The molecule has 1 aromatic rings. The van der Waals surface area contributed by atoms with Gasteiger partial charge in [0.1, 0.15) is 6.23 Å². The lowest BCUT2D eigenvalue weighted by molar-refractivity contribution is -0.163. The van der Waals surface area contributed by atoms with Gasteiger partial charge < -0.3 is 14.6 Å². The van der Waals surface area contributed by atoms with Crippen LogP contribution in [-0.2, 0) is 30.3 Å². The maximum Gasteiger partial charge on any atom is 0.334 e.